The minimum absolute atomic E-state index is 0.0815. The average molecular weight is 337 g/mol. The molecule has 0 spiro atoms. The summed E-state index contributed by atoms with van der Waals surface area (Å²) >= 11 is 3.09. The normalized spacial score (nSPS) is 22.1. The van der Waals surface area contributed by atoms with E-state index in [4.69, 9.17) is 5.73 Å². The van der Waals surface area contributed by atoms with Crippen LogP contribution in [0.2, 0.25) is 0 Å². The van der Waals surface area contributed by atoms with E-state index in [0.717, 1.165) is 25.0 Å². The van der Waals surface area contributed by atoms with E-state index in [9.17, 15) is 12.8 Å². The summed E-state index contributed by atoms with van der Waals surface area (Å²) in [4.78, 5) is 0.0815. The number of rotatable bonds is 2. The molecule has 0 aliphatic carbocycles. The molecule has 1 atom stereocenters. The van der Waals surface area contributed by atoms with Crippen LogP contribution in [0.5, 0.6) is 0 Å². The second kappa shape index (κ2) is 5.24. The summed E-state index contributed by atoms with van der Waals surface area (Å²) in [6, 6.07) is 3.43. The molecule has 18 heavy (non-hydrogen) atoms. The van der Waals surface area contributed by atoms with Crippen LogP contribution in [-0.4, -0.2) is 31.9 Å². The van der Waals surface area contributed by atoms with Crippen molar-refractivity contribution in [2.24, 2.45) is 5.73 Å². The maximum Gasteiger partial charge on any atom is 0.244 e. The standard InChI is InChI=1S/C11H14BrFN2O2S/c12-10-6-8(13)3-4-11(10)18(16,17)15-5-1-2-9(14)7-15/h3-4,6,9H,1-2,5,7,14H2/t9-/m1/s1. The molecule has 0 aromatic heterocycles. The number of hydrogen-bond donors (Lipinski definition) is 1. The number of nitrogens with zero attached hydrogens (tertiary/aromatic N) is 1. The van der Waals surface area contributed by atoms with Crippen LogP contribution in [-0.2, 0) is 10.0 Å². The topological polar surface area (TPSA) is 63.4 Å². The van der Waals surface area contributed by atoms with Gasteiger partial charge in [-0.1, -0.05) is 0 Å². The maximum absolute atomic E-state index is 13.0. The summed E-state index contributed by atoms with van der Waals surface area (Å²) in [6.45, 7) is 0.770. The van der Waals surface area contributed by atoms with Crippen molar-refractivity contribution in [3.05, 3.63) is 28.5 Å². The molecule has 7 heteroatoms. The Balaban J connectivity index is 2.35. The molecule has 1 heterocycles. The third-order valence-electron chi connectivity index (χ3n) is 2.93. The van der Waals surface area contributed by atoms with Crippen LogP contribution in [0.15, 0.2) is 27.6 Å². The number of sulfonamides is 1. The van der Waals surface area contributed by atoms with Gasteiger partial charge in [0.1, 0.15) is 5.82 Å². The molecule has 1 aromatic carbocycles. The predicted molar refractivity (Wildman–Crippen MR) is 70.1 cm³/mol. The highest BCUT2D eigenvalue weighted by atomic mass is 79.9. The van der Waals surface area contributed by atoms with Crippen molar-refractivity contribution in [3.8, 4) is 0 Å². The van der Waals surface area contributed by atoms with E-state index in [1.54, 1.807) is 0 Å². The van der Waals surface area contributed by atoms with Crippen molar-refractivity contribution in [3.63, 3.8) is 0 Å². The number of nitrogens with two attached hydrogens (primary N) is 1. The zero-order valence-electron chi connectivity index (χ0n) is 9.64. The van der Waals surface area contributed by atoms with Gasteiger partial charge in [0.05, 0.1) is 4.90 Å². The molecule has 1 saturated heterocycles. The number of benzene rings is 1. The van der Waals surface area contributed by atoms with Gasteiger partial charge < -0.3 is 5.73 Å². The zero-order valence-corrected chi connectivity index (χ0v) is 12.0. The third kappa shape index (κ3) is 2.74. The predicted octanol–water partition coefficient (Wildman–Crippen LogP) is 1.70. The van der Waals surface area contributed by atoms with Gasteiger partial charge in [-0.05, 0) is 47.0 Å². The molecular weight excluding hydrogens is 323 g/mol. The fourth-order valence-corrected chi connectivity index (χ4v) is 4.56. The van der Waals surface area contributed by atoms with Crippen LogP contribution in [0.4, 0.5) is 4.39 Å². The molecule has 2 N–H and O–H groups in total. The van der Waals surface area contributed by atoms with Gasteiger partial charge in [0.25, 0.3) is 0 Å². The third-order valence-corrected chi connectivity index (χ3v) is 5.77. The first kappa shape index (κ1) is 13.9. The van der Waals surface area contributed by atoms with Gasteiger partial charge in [0.2, 0.25) is 10.0 Å². The Hall–Kier alpha value is -0.500. The number of piperidine rings is 1. The fourth-order valence-electron chi connectivity index (χ4n) is 2.02. The lowest BCUT2D eigenvalue weighted by Gasteiger charge is -2.30. The highest BCUT2D eigenvalue weighted by Gasteiger charge is 2.30. The van der Waals surface area contributed by atoms with Crippen molar-refractivity contribution >= 4 is 26.0 Å². The molecule has 0 unspecified atom stereocenters. The van der Waals surface area contributed by atoms with E-state index in [1.807, 2.05) is 0 Å². The van der Waals surface area contributed by atoms with Crippen LogP contribution in [0.3, 0.4) is 0 Å². The maximum atomic E-state index is 13.0. The van der Waals surface area contributed by atoms with Crippen LogP contribution < -0.4 is 5.73 Å². The first-order chi connectivity index (χ1) is 8.41. The summed E-state index contributed by atoms with van der Waals surface area (Å²) in [5.74, 6) is -0.476. The van der Waals surface area contributed by atoms with Gasteiger partial charge in [-0.15, -0.1) is 0 Å². The zero-order chi connectivity index (χ0) is 13.3. The number of hydrogen-bond acceptors (Lipinski definition) is 3. The van der Waals surface area contributed by atoms with Crippen LogP contribution in [0.25, 0.3) is 0 Å². The Labute approximate surface area is 114 Å². The molecule has 100 valence electrons. The van der Waals surface area contributed by atoms with Gasteiger partial charge in [-0.25, -0.2) is 12.8 Å². The van der Waals surface area contributed by atoms with E-state index in [0.29, 0.717) is 13.1 Å². The quantitative estimate of drug-likeness (QED) is 0.893. The molecule has 1 aromatic rings. The molecule has 0 radical (unpaired) electrons. The van der Waals surface area contributed by atoms with Gasteiger partial charge in [0.15, 0.2) is 0 Å². The van der Waals surface area contributed by atoms with E-state index in [1.165, 1.54) is 10.4 Å². The average Bonchev–Trinajstić information content (AvgIpc) is 2.28. The Morgan fingerprint density at radius 3 is 2.78 bits per heavy atom. The lowest BCUT2D eigenvalue weighted by Crippen LogP contribution is -2.45. The molecule has 1 aliphatic rings. The van der Waals surface area contributed by atoms with E-state index >= 15 is 0 Å². The van der Waals surface area contributed by atoms with Gasteiger partial charge in [-0.2, -0.15) is 4.31 Å². The van der Waals surface area contributed by atoms with Crippen LogP contribution in [0, 0.1) is 5.82 Å². The minimum atomic E-state index is -3.60. The highest BCUT2D eigenvalue weighted by Crippen LogP contribution is 2.27. The van der Waals surface area contributed by atoms with E-state index < -0.39 is 15.8 Å². The second-order valence-corrected chi connectivity index (χ2v) is 7.10. The van der Waals surface area contributed by atoms with Crippen LogP contribution >= 0.6 is 15.9 Å². The molecule has 2 rings (SSSR count). The van der Waals surface area contributed by atoms with Crippen LogP contribution in [0.1, 0.15) is 12.8 Å². The molecular formula is C11H14BrFN2O2S. The van der Waals surface area contributed by atoms with Gasteiger partial charge in [0, 0.05) is 23.6 Å². The van der Waals surface area contributed by atoms with Crippen molar-refractivity contribution in [2.75, 3.05) is 13.1 Å². The largest absolute Gasteiger partial charge is 0.327 e. The number of halogens is 2. The lowest BCUT2D eigenvalue weighted by molar-refractivity contribution is 0.316. The second-order valence-electron chi connectivity index (χ2n) is 4.34. The summed E-state index contributed by atoms with van der Waals surface area (Å²) in [5, 5.41) is 0. The van der Waals surface area contributed by atoms with Crippen molar-refractivity contribution in [1.29, 1.82) is 0 Å². The lowest BCUT2D eigenvalue weighted by atomic mass is 10.1. The molecule has 4 nitrogen and oxygen atoms in total. The molecule has 1 aliphatic heterocycles. The molecule has 0 amide bonds. The summed E-state index contributed by atoms with van der Waals surface area (Å²) < 4.78 is 39.3. The molecule has 1 fully saturated rings. The Morgan fingerprint density at radius 2 is 2.17 bits per heavy atom. The first-order valence-corrected chi connectivity index (χ1v) is 7.85. The molecule has 0 bridgehead atoms. The SMILES string of the molecule is N[C@@H]1CCCN(S(=O)(=O)c2ccc(F)cc2Br)C1. The Kier molecular flexibility index (Phi) is 4.05. The summed E-state index contributed by atoms with van der Waals surface area (Å²) in [5.41, 5.74) is 5.78. The summed E-state index contributed by atoms with van der Waals surface area (Å²) in [6.07, 6.45) is 1.58. The smallest absolute Gasteiger partial charge is 0.244 e. The van der Waals surface area contributed by atoms with Crippen molar-refractivity contribution in [1.82, 2.24) is 4.31 Å². The highest BCUT2D eigenvalue weighted by molar-refractivity contribution is 9.10. The monoisotopic (exact) mass is 336 g/mol. The van der Waals surface area contributed by atoms with Crippen molar-refractivity contribution < 1.29 is 12.8 Å². The van der Waals surface area contributed by atoms with Gasteiger partial charge in [-0.3, -0.25) is 0 Å². The van der Waals surface area contributed by atoms with E-state index in [2.05, 4.69) is 15.9 Å². The molecule has 0 saturated carbocycles. The summed E-state index contributed by atoms with van der Waals surface area (Å²) in [7, 11) is -3.60. The minimum Gasteiger partial charge on any atom is -0.327 e. The Bertz CT molecular complexity index is 550. The van der Waals surface area contributed by atoms with E-state index in [-0.39, 0.29) is 15.4 Å². The Morgan fingerprint density at radius 1 is 1.44 bits per heavy atom. The first-order valence-electron chi connectivity index (χ1n) is 5.62. The van der Waals surface area contributed by atoms with Crippen molar-refractivity contribution in [2.45, 2.75) is 23.8 Å². The van der Waals surface area contributed by atoms with Gasteiger partial charge >= 0.3 is 0 Å². The fraction of sp³-hybridized carbons (Fsp3) is 0.455.